The zero-order valence-corrected chi connectivity index (χ0v) is 11.9. The van der Waals surface area contributed by atoms with Crippen molar-refractivity contribution in [2.24, 2.45) is 11.8 Å². The van der Waals surface area contributed by atoms with Crippen molar-refractivity contribution in [1.29, 1.82) is 0 Å². The third kappa shape index (κ3) is 4.88. The van der Waals surface area contributed by atoms with Gasteiger partial charge in [0, 0.05) is 6.08 Å². The molecule has 0 saturated heterocycles. The van der Waals surface area contributed by atoms with E-state index >= 15 is 0 Å². The first-order valence-corrected chi connectivity index (χ1v) is 6.58. The lowest BCUT2D eigenvalue weighted by Gasteiger charge is -2.22. The van der Waals surface area contributed by atoms with Gasteiger partial charge in [-0.15, -0.1) is 0 Å². The molecule has 0 aliphatic rings. The number of esters is 1. The zero-order chi connectivity index (χ0) is 15.1. The van der Waals surface area contributed by atoms with Gasteiger partial charge in [-0.1, -0.05) is 44.2 Å². The number of benzene rings is 1. The van der Waals surface area contributed by atoms with Crippen LogP contribution >= 0.6 is 0 Å². The number of ether oxygens (including phenoxy) is 1. The molecule has 0 heterocycles. The third-order valence-electron chi connectivity index (χ3n) is 3.02. The first kappa shape index (κ1) is 16.0. The smallest absolute Gasteiger partial charge is 0.331 e. The number of rotatable bonds is 6. The van der Waals surface area contributed by atoms with Crippen LogP contribution in [0.4, 0.5) is 0 Å². The minimum atomic E-state index is -0.952. The van der Waals surface area contributed by atoms with E-state index in [0.29, 0.717) is 0 Å². The Bertz CT molecular complexity index is 477. The predicted molar refractivity (Wildman–Crippen MR) is 77.0 cm³/mol. The van der Waals surface area contributed by atoms with Crippen molar-refractivity contribution in [2.75, 3.05) is 0 Å². The summed E-state index contributed by atoms with van der Waals surface area (Å²) in [6, 6.07) is 9.35. The molecule has 0 saturated carbocycles. The van der Waals surface area contributed by atoms with Gasteiger partial charge in [0.2, 0.25) is 0 Å². The van der Waals surface area contributed by atoms with Crippen molar-refractivity contribution in [3.05, 3.63) is 42.0 Å². The average Bonchev–Trinajstić information content (AvgIpc) is 2.36. The van der Waals surface area contributed by atoms with E-state index < -0.39 is 24.0 Å². The van der Waals surface area contributed by atoms with Crippen LogP contribution in [0.2, 0.25) is 0 Å². The maximum Gasteiger partial charge on any atom is 0.331 e. The van der Waals surface area contributed by atoms with E-state index in [2.05, 4.69) is 0 Å². The van der Waals surface area contributed by atoms with Crippen molar-refractivity contribution >= 4 is 18.0 Å². The van der Waals surface area contributed by atoms with E-state index in [4.69, 9.17) is 9.84 Å². The molecule has 1 rings (SSSR count). The van der Waals surface area contributed by atoms with Crippen LogP contribution in [0.15, 0.2) is 36.4 Å². The van der Waals surface area contributed by atoms with Gasteiger partial charge < -0.3 is 9.84 Å². The van der Waals surface area contributed by atoms with Gasteiger partial charge in [0.05, 0.1) is 5.92 Å². The van der Waals surface area contributed by atoms with Crippen LogP contribution in [0.1, 0.15) is 26.3 Å². The molecule has 2 atom stereocenters. The lowest BCUT2D eigenvalue weighted by Crippen LogP contribution is -2.33. The van der Waals surface area contributed by atoms with E-state index in [1.807, 2.05) is 30.3 Å². The highest BCUT2D eigenvalue weighted by Gasteiger charge is 2.30. The largest absolute Gasteiger partial charge is 0.481 e. The van der Waals surface area contributed by atoms with Crippen molar-refractivity contribution in [2.45, 2.75) is 26.9 Å². The molecular formula is C16H20O4. The molecule has 4 heteroatoms. The fourth-order valence-corrected chi connectivity index (χ4v) is 2.05. The topological polar surface area (TPSA) is 63.6 Å². The molecule has 0 aliphatic heterocycles. The first-order valence-electron chi connectivity index (χ1n) is 6.58. The minimum Gasteiger partial charge on any atom is -0.481 e. The van der Waals surface area contributed by atoms with Crippen LogP contribution in [0.3, 0.4) is 0 Å². The van der Waals surface area contributed by atoms with Gasteiger partial charge in [-0.05, 0) is 24.5 Å². The predicted octanol–water partition coefficient (Wildman–Crippen LogP) is 2.99. The molecule has 20 heavy (non-hydrogen) atoms. The second-order valence-electron chi connectivity index (χ2n) is 4.99. The first-order chi connectivity index (χ1) is 9.41. The van der Waals surface area contributed by atoms with Gasteiger partial charge >= 0.3 is 11.9 Å². The Morgan fingerprint density at radius 1 is 1.15 bits per heavy atom. The second kappa shape index (κ2) is 7.48. The molecule has 108 valence electrons. The van der Waals surface area contributed by atoms with Crippen LogP contribution < -0.4 is 0 Å². The molecule has 1 N–H and O–H groups in total. The van der Waals surface area contributed by atoms with Crippen LogP contribution in [-0.4, -0.2) is 23.1 Å². The monoisotopic (exact) mass is 276 g/mol. The molecule has 2 unspecified atom stereocenters. The summed E-state index contributed by atoms with van der Waals surface area (Å²) in [6.07, 6.45) is 2.28. The van der Waals surface area contributed by atoms with Crippen LogP contribution in [0.25, 0.3) is 6.08 Å². The fourth-order valence-electron chi connectivity index (χ4n) is 2.05. The van der Waals surface area contributed by atoms with Crippen LogP contribution in [0, 0.1) is 11.8 Å². The maximum absolute atomic E-state index is 11.7. The van der Waals surface area contributed by atoms with Gasteiger partial charge in [-0.3, -0.25) is 4.79 Å². The lowest BCUT2D eigenvalue weighted by atomic mass is 9.91. The van der Waals surface area contributed by atoms with Crippen molar-refractivity contribution < 1.29 is 19.4 Å². The summed E-state index contributed by atoms with van der Waals surface area (Å²) < 4.78 is 5.15. The molecule has 1 aromatic carbocycles. The number of carboxylic acids is 1. The Kier molecular flexibility index (Phi) is 5.97. The van der Waals surface area contributed by atoms with Crippen molar-refractivity contribution in [1.82, 2.24) is 0 Å². The summed E-state index contributed by atoms with van der Waals surface area (Å²) in [5.74, 6) is -2.29. The number of carboxylic acid groups (broad SMARTS) is 1. The number of carbonyl (C=O) groups is 2. The van der Waals surface area contributed by atoms with Crippen LogP contribution in [0.5, 0.6) is 0 Å². The molecule has 0 radical (unpaired) electrons. The van der Waals surface area contributed by atoms with Gasteiger partial charge in [0.15, 0.2) is 0 Å². The second-order valence-corrected chi connectivity index (χ2v) is 4.99. The van der Waals surface area contributed by atoms with E-state index in [1.165, 1.54) is 6.08 Å². The number of hydrogen-bond donors (Lipinski definition) is 1. The van der Waals surface area contributed by atoms with E-state index in [9.17, 15) is 9.59 Å². The Labute approximate surface area is 119 Å². The number of carbonyl (C=O) groups excluding carboxylic acids is 1. The lowest BCUT2D eigenvalue weighted by molar-refractivity contribution is -0.156. The van der Waals surface area contributed by atoms with Crippen LogP contribution in [-0.2, 0) is 14.3 Å². The van der Waals surface area contributed by atoms with E-state index in [1.54, 1.807) is 26.8 Å². The summed E-state index contributed by atoms with van der Waals surface area (Å²) in [6.45, 7) is 5.19. The summed E-state index contributed by atoms with van der Waals surface area (Å²) in [5, 5.41) is 9.13. The zero-order valence-electron chi connectivity index (χ0n) is 11.9. The molecule has 0 aliphatic carbocycles. The van der Waals surface area contributed by atoms with Crippen molar-refractivity contribution in [3.63, 3.8) is 0 Å². The molecule has 4 nitrogen and oxygen atoms in total. The standard InChI is InChI=1S/C16H20O4/c1-11(2)15(16(18)19)12(3)20-14(17)10-9-13-7-5-4-6-8-13/h4-12,15H,1-3H3,(H,18,19). The fraction of sp³-hybridized carbons (Fsp3) is 0.375. The average molecular weight is 276 g/mol. The molecular weight excluding hydrogens is 256 g/mol. The maximum atomic E-state index is 11.7. The summed E-state index contributed by atoms with van der Waals surface area (Å²) in [7, 11) is 0. The minimum absolute atomic E-state index is 0.103. The molecule has 1 aromatic rings. The Morgan fingerprint density at radius 3 is 2.25 bits per heavy atom. The molecule has 0 bridgehead atoms. The van der Waals surface area contributed by atoms with Crippen molar-refractivity contribution in [3.8, 4) is 0 Å². The van der Waals surface area contributed by atoms with E-state index in [0.717, 1.165) is 5.56 Å². The van der Waals surface area contributed by atoms with Gasteiger partial charge in [0.25, 0.3) is 0 Å². The molecule has 0 amide bonds. The quantitative estimate of drug-likeness (QED) is 0.641. The van der Waals surface area contributed by atoms with Gasteiger partial charge in [-0.25, -0.2) is 4.79 Å². The molecule has 0 spiro atoms. The Morgan fingerprint density at radius 2 is 1.75 bits per heavy atom. The highest BCUT2D eigenvalue weighted by atomic mass is 16.5. The van der Waals surface area contributed by atoms with E-state index in [-0.39, 0.29) is 5.92 Å². The molecule has 0 fully saturated rings. The highest BCUT2D eigenvalue weighted by molar-refractivity contribution is 5.87. The number of hydrogen-bond acceptors (Lipinski definition) is 3. The number of aliphatic carboxylic acids is 1. The Hall–Kier alpha value is -2.10. The SMILES string of the molecule is CC(C)C(C(=O)O)C(C)OC(=O)C=Cc1ccccc1. The summed E-state index contributed by atoms with van der Waals surface area (Å²) in [5.41, 5.74) is 0.885. The Balaban J connectivity index is 2.61. The van der Waals surface area contributed by atoms with Gasteiger partial charge in [-0.2, -0.15) is 0 Å². The summed E-state index contributed by atoms with van der Waals surface area (Å²) >= 11 is 0. The summed E-state index contributed by atoms with van der Waals surface area (Å²) in [4.78, 5) is 22.8. The molecule has 0 aromatic heterocycles. The highest BCUT2D eigenvalue weighted by Crippen LogP contribution is 2.18. The normalized spacial score (nSPS) is 14.2. The van der Waals surface area contributed by atoms with Gasteiger partial charge in [0.1, 0.15) is 6.10 Å². The third-order valence-corrected chi connectivity index (χ3v) is 3.02.